The van der Waals surface area contributed by atoms with Crippen molar-refractivity contribution in [3.05, 3.63) is 41.7 Å². The second kappa shape index (κ2) is 6.11. The molecule has 3 aliphatic heterocycles. The first kappa shape index (κ1) is 14.9. The topological polar surface area (TPSA) is 57.4 Å². The van der Waals surface area contributed by atoms with Crippen molar-refractivity contribution >= 4 is 29.5 Å². The van der Waals surface area contributed by atoms with Crippen LogP contribution in [0.15, 0.2) is 45.3 Å². The van der Waals surface area contributed by atoms with Crippen LogP contribution in [-0.4, -0.2) is 41.9 Å². The summed E-state index contributed by atoms with van der Waals surface area (Å²) < 4.78 is 13.2. The maximum atomic E-state index is 13.2. The monoisotopic (exact) mass is 324 g/mol. The third-order valence-electron chi connectivity index (χ3n) is 4.52. The predicted molar refractivity (Wildman–Crippen MR) is 91.7 cm³/mol. The number of fused-ring (bicyclic) bond motifs is 1. The van der Waals surface area contributed by atoms with Gasteiger partial charge in [-0.25, -0.2) is 9.38 Å². The highest BCUT2D eigenvalue weighted by Crippen LogP contribution is 2.31. The number of amides is 1. The number of guanidine groups is 1. The predicted octanol–water partition coefficient (Wildman–Crippen LogP) is 2.69. The maximum Gasteiger partial charge on any atom is 0.264 e. The molecule has 24 heavy (non-hydrogen) atoms. The van der Waals surface area contributed by atoms with Gasteiger partial charge < -0.3 is 4.90 Å². The van der Waals surface area contributed by atoms with Gasteiger partial charge in [0.15, 0.2) is 0 Å². The molecule has 5 nitrogen and oxygen atoms in total. The highest BCUT2D eigenvalue weighted by molar-refractivity contribution is 6.25. The summed E-state index contributed by atoms with van der Waals surface area (Å²) in [5.41, 5.74) is 1.54. The minimum atomic E-state index is -0.603. The highest BCUT2D eigenvalue weighted by Gasteiger charge is 2.35. The molecular weight excluding hydrogens is 307 g/mol. The summed E-state index contributed by atoms with van der Waals surface area (Å²) in [7, 11) is 0. The molecular formula is C18H17FN4O. The number of aliphatic imine (C=N–C) groups is 3. The van der Waals surface area contributed by atoms with E-state index in [4.69, 9.17) is 0 Å². The maximum absolute atomic E-state index is 13.2. The molecule has 1 amide bonds. The standard InChI is InChI=1S/C18H17FN4O/c19-13-6-4-12(5-7-13)14-8-9-20-16-15(14)17(24)22-18(21-16)23-10-2-1-3-11-23/h4-9,15H,1-3,10-11H2. The van der Waals surface area contributed by atoms with Crippen molar-refractivity contribution < 1.29 is 9.18 Å². The first-order valence-corrected chi connectivity index (χ1v) is 8.18. The molecule has 0 N–H and O–H groups in total. The van der Waals surface area contributed by atoms with Crippen molar-refractivity contribution in [1.29, 1.82) is 0 Å². The fraction of sp³-hybridized carbons (Fsp3) is 0.333. The number of rotatable bonds is 1. The Labute approximate surface area is 139 Å². The molecule has 3 aliphatic rings. The zero-order valence-corrected chi connectivity index (χ0v) is 13.2. The number of allylic oxidation sites excluding steroid dienone is 1. The Morgan fingerprint density at radius 1 is 1.04 bits per heavy atom. The number of dihydropyridines is 1. The van der Waals surface area contributed by atoms with Crippen LogP contribution in [0, 0.1) is 11.7 Å². The minimum Gasteiger partial charge on any atom is -0.341 e. The van der Waals surface area contributed by atoms with Gasteiger partial charge in [-0.1, -0.05) is 12.1 Å². The molecule has 0 aliphatic carbocycles. The summed E-state index contributed by atoms with van der Waals surface area (Å²) in [5, 5.41) is 0. The second-order valence-electron chi connectivity index (χ2n) is 6.11. The van der Waals surface area contributed by atoms with Crippen molar-refractivity contribution in [2.75, 3.05) is 13.1 Å². The number of benzene rings is 1. The summed E-state index contributed by atoms with van der Waals surface area (Å²) in [5.74, 6) is -0.221. The summed E-state index contributed by atoms with van der Waals surface area (Å²) in [6.45, 7) is 1.75. The number of hydrogen-bond donors (Lipinski definition) is 0. The van der Waals surface area contributed by atoms with Crippen molar-refractivity contribution in [2.24, 2.45) is 20.9 Å². The summed E-state index contributed by atoms with van der Waals surface area (Å²) in [6.07, 6.45) is 6.79. The molecule has 4 rings (SSSR count). The van der Waals surface area contributed by atoms with Gasteiger partial charge in [0.1, 0.15) is 17.6 Å². The fourth-order valence-corrected chi connectivity index (χ4v) is 3.27. The summed E-state index contributed by atoms with van der Waals surface area (Å²) in [6, 6.07) is 6.09. The number of hydrogen-bond acceptors (Lipinski definition) is 4. The van der Waals surface area contributed by atoms with Gasteiger partial charge in [0.2, 0.25) is 5.96 Å². The third-order valence-corrected chi connectivity index (χ3v) is 4.52. The molecule has 1 saturated heterocycles. The van der Waals surface area contributed by atoms with E-state index in [0.717, 1.165) is 37.1 Å². The average molecular weight is 324 g/mol. The van der Waals surface area contributed by atoms with Gasteiger partial charge in [-0.05, 0) is 48.6 Å². The Morgan fingerprint density at radius 3 is 2.54 bits per heavy atom. The van der Waals surface area contributed by atoms with Crippen LogP contribution >= 0.6 is 0 Å². The highest BCUT2D eigenvalue weighted by atomic mass is 19.1. The Hall–Kier alpha value is -2.63. The minimum absolute atomic E-state index is 0.256. The average Bonchev–Trinajstić information content (AvgIpc) is 2.62. The van der Waals surface area contributed by atoms with Crippen LogP contribution in [0.25, 0.3) is 5.57 Å². The summed E-state index contributed by atoms with van der Waals surface area (Å²) >= 11 is 0. The van der Waals surface area contributed by atoms with Gasteiger partial charge in [0.05, 0.1) is 0 Å². The molecule has 1 fully saturated rings. The number of likely N-dealkylation sites (tertiary alicyclic amines) is 1. The van der Waals surface area contributed by atoms with Crippen LogP contribution in [-0.2, 0) is 4.79 Å². The summed E-state index contributed by atoms with van der Waals surface area (Å²) in [4.78, 5) is 27.7. The van der Waals surface area contributed by atoms with Crippen molar-refractivity contribution in [3.8, 4) is 0 Å². The molecule has 1 aromatic rings. The van der Waals surface area contributed by atoms with Gasteiger partial charge in [0.25, 0.3) is 5.91 Å². The lowest BCUT2D eigenvalue weighted by Crippen LogP contribution is -2.40. The molecule has 6 heteroatoms. The largest absolute Gasteiger partial charge is 0.341 e. The smallest absolute Gasteiger partial charge is 0.264 e. The number of amidine groups is 1. The lowest BCUT2D eigenvalue weighted by Gasteiger charge is -2.30. The molecule has 1 aromatic carbocycles. The van der Waals surface area contributed by atoms with E-state index in [1.807, 2.05) is 0 Å². The Morgan fingerprint density at radius 2 is 1.79 bits per heavy atom. The van der Waals surface area contributed by atoms with Crippen LogP contribution < -0.4 is 0 Å². The molecule has 0 saturated carbocycles. The van der Waals surface area contributed by atoms with E-state index in [0.29, 0.717) is 11.8 Å². The molecule has 1 unspecified atom stereocenters. The van der Waals surface area contributed by atoms with Crippen molar-refractivity contribution in [3.63, 3.8) is 0 Å². The van der Waals surface area contributed by atoms with Crippen molar-refractivity contribution in [2.45, 2.75) is 19.3 Å². The fourth-order valence-electron chi connectivity index (χ4n) is 3.27. The van der Waals surface area contributed by atoms with E-state index >= 15 is 0 Å². The van der Waals surface area contributed by atoms with Gasteiger partial charge in [0, 0.05) is 19.3 Å². The first-order chi connectivity index (χ1) is 11.7. The van der Waals surface area contributed by atoms with E-state index in [2.05, 4.69) is 19.9 Å². The normalized spacial score (nSPS) is 23.4. The molecule has 0 bridgehead atoms. The Kier molecular flexibility index (Phi) is 3.80. The third kappa shape index (κ3) is 2.68. The Bertz CT molecular complexity index is 786. The van der Waals surface area contributed by atoms with E-state index in [-0.39, 0.29) is 11.7 Å². The van der Waals surface area contributed by atoms with Gasteiger partial charge in [-0.15, -0.1) is 0 Å². The zero-order chi connectivity index (χ0) is 16.5. The van der Waals surface area contributed by atoms with Crippen LogP contribution in [0.1, 0.15) is 24.8 Å². The van der Waals surface area contributed by atoms with Crippen molar-refractivity contribution in [1.82, 2.24) is 4.90 Å². The van der Waals surface area contributed by atoms with Gasteiger partial charge >= 0.3 is 0 Å². The number of nitrogens with zero attached hydrogens (tertiary/aromatic N) is 4. The quantitative estimate of drug-likeness (QED) is 0.797. The lowest BCUT2D eigenvalue weighted by atomic mass is 9.88. The molecule has 0 spiro atoms. The number of halogens is 1. The molecule has 0 radical (unpaired) electrons. The zero-order valence-electron chi connectivity index (χ0n) is 13.2. The van der Waals surface area contributed by atoms with E-state index in [9.17, 15) is 9.18 Å². The van der Waals surface area contributed by atoms with Crippen LogP contribution in [0.3, 0.4) is 0 Å². The number of piperidine rings is 1. The van der Waals surface area contributed by atoms with Crippen LogP contribution in [0.2, 0.25) is 0 Å². The lowest BCUT2D eigenvalue weighted by molar-refractivity contribution is -0.118. The van der Waals surface area contributed by atoms with Gasteiger partial charge in [-0.2, -0.15) is 9.98 Å². The molecule has 122 valence electrons. The molecule has 3 heterocycles. The molecule has 1 atom stereocenters. The van der Waals surface area contributed by atoms with Crippen LogP contribution in [0.4, 0.5) is 4.39 Å². The van der Waals surface area contributed by atoms with E-state index < -0.39 is 5.92 Å². The molecule has 0 aromatic heterocycles. The first-order valence-electron chi connectivity index (χ1n) is 8.18. The number of carbonyl (C=O) groups is 1. The van der Waals surface area contributed by atoms with E-state index in [1.165, 1.54) is 18.6 Å². The van der Waals surface area contributed by atoms with Crippen LogP contribution in [0.5, 0.6) is 0 Å². The Balaban J connectivity index is 1.65. The number of carbonyl (C=O) groups excluding carboxylic acids is 1. The SMILES string of the molecule is O=C1N=C(N2CCCCC2)N=C2N=CC=C(c3ccc(F)cc3)C12. The van der Waals surface area contributed by atoms with E-state index in [1.54, 1.807) is 24.4 Å². The second-order valence-corrected chi connectivity index (χ2v) is 6.11. The van der Waals surface area contributed by atoms with Gasteiger partial charge in [-0.3, -0.25) is 4.79 Å².